The minimum absolute atomic E-state index is 0.0234. The lowest BCUT2D eigenvalue weighted by molar-refractivity contribution is 0.0709. The highest BCUT2D eigenvalue weighted by Crippen LogP contribution is 2.33. The Kier molecular flexibility index (Phi) is 5.21. The maximum atomic E-state index is 12.7. The van der Waals surface area contributed by atoms with Crippen molar-refractivity contribution in [3.8, 4) is 11.5 Å². The summed E-state index contributed by atoms with van der Waals surface area (Å²) in [5.41, 5.74) is 1.55. The number of hydrogen-bond donors (Lipinski definition) is 1. The van der Waals surface area contributed by atoms with Crippen LogP contribution in [0.3, 0.4) is 0 Å². The number of nitrogens with one attached hydrogen (secondary N) is 1. The molecule has 2 aliphatic heterocycles. The Bertz CT molecular complexity index is 796. The summed E-state index contributed by atoms with van der Waals surface area (Å²) in [7, 11) is 0. The Morgan fingerprint density at radius 3 is 3.00 bits per heavy atom. The van der Waals surface area contributed by atoms with E-state index < -0.39 is 0 Å². The lowest BCUT2D eigenvalue weighted by atomic mass is 10.0. The number of carbonyl (C=O) groups is 1. The van der Waals surface area contributed by atoms with Crippen molar-refractivity contribution in [1.29, 1.82) is 0 Å². The number of nitrogens with zero attached hydrogens (tertiary/aromatic N) is 2. The van der Waals surface area contributed by atoms with Gasteiger partial charge in [-0.3, -0.25) is 4.79 Å². The molecule has 4 rings (SSSR count). The standard InChI is InChI=1S/C18H21N3O3S2/c1-25-18-20-14(11-26-18)17(22)21-6-2-3-13(10-21)19-12-4-5-15-16(9-12)24-8-7-23-15/h4-5,9,11,13,19H,2-3,6-8,10H2,1H3/t13-/m0/s1. The second-order valence-corrected chi connectivity index (χ2v) is 8.21. The Morgan fingerprint density at radius 2 is 2.19 bits per heavy atom. The molecule has 0 unspecified atom stereocenters. The molecule has 0 aliphatic carbocycles. The SMILES string of the molecule is CSc1nc(C(=O)N2CCC[C@H](Nc3ccc4c(c3)OCCO4)C2)cs1. The van der Waals surface area contributed by atoms with Crippen LogP contribution < -0.4 is 14.8 Å². The number of aromatic nitrogens is 1. The summed E-state index contributed by atoms with van der Waals surface area (Å²) >= 11 is 3.09. The third kappa shape index (κ3) is 3.76. The molecule has 1 aromatic carbocycles. The number of rotatable bonds is 4. The van der Waals surface area contributed by atoms with Gasteiger partial charge in [-0.2, -0.15) is 0 Å². The van der Waals surface area contributed by atoms with E-state index in [1.807, 2.05) is 34.7 Å². The van der Waals surface area contributed by atoms with Crippen molar-refractivity contribution >= 4 is 34.7 Å². The largest absolute Gasteiger partial charge is 0.486 e. The van der Waals surface area contributed by atoms with Crippen molar-refractivity contribution in [3.63, 3.8) is 0 Å². The number of amides is 1. The van der Waals surface area contributed by atoms with E-state index >= 15 is 0 Å². The third-order valence-electron chi connectivity index (χ3n) is 4.50. The quantitative estimate of drug-likeness (QED) is 0.807. The zero-order chi connectivity index (χ0) is 17.9. The fraction of sp³-hybridized carbons (Fsp3) is 0.444. The molecule has 1 fully saturated rings. The number of ether oxygens (including phenoxy) is 2. The minimum Gasteiger partial charge on any atom is -0.486 e. The van der Waals surface area contributed by atoms with Crippen LogP contribution in [-0.4, -0.2) is 54.4 Å². The number of likely N-dealkylation sites (tertiary alicyclic amines) is 1. The van der Waals surface area contributed by atoms with E-state index in [4.69, 9.17) is 9.47 Å². The van der Waals surface area contributed by atoms with E-state index in [0.717, 1.165) is 40.9 Å². The number of thiazole rings is 1. The number of piperidine rings is 1. The van der Waals surface area contributed by atoms with Crippen LogP contribution in [0.15, 0.2) is 27.9 Å². The van der Waals surface area contributed by atoms with E-state index in [1.165, 1.54) is 11.3 Å². The molecule has 138 valence electrons. The van der Waals surface area contributed by atoms with Crippen LogP contribution in [-0.2, 0) is 0 Å². The van der Waals surface area contributed by atoms with Crippen molar-refractivity contribution in [2.45, 2.75) is 23.2 Å². The third-order valence-corrected chi connectivity index (χ3v) is 6.36. The van der Waals surface area contributed by atoms with Gasteiger partial charge in [0.25, 0.3) is 5.91 Å². The average Bonchev–Trinajstić information content (AvgIpc) is 3.17. The maximum absolute atomic E-state index is 12.7. The van der Waals surface area contributed by atoms with Gasteiger partial charge in [-0.25, -0.2) is 4.98 Å². The van der Waals surface area contributed by atoms with E-state index in [9.17, 15) is 4.79 Å². The topological polar surface area (TPSA) is 63.7 Å². The first-order valence-corrected chi connectivity index (χ1v) is 10.8. The molecule has 2 aliphatic rings. The van der Waals surface area contributed by atoms with Gasteiger partial charge in [0.05, 0.1) is 0 Å². The van der Waals surface area contributed by atoms with E-state index in [1.54, 1.807) is 11.8 Å². The van der Waals surface area contributed by atoms with Crippen molar-refractivity contribution in [1.82, 2.24) is 9.88 Å². The lowest BCUT2D eigenvalue weighted by Crippen LogP contribution is -2.45. The summed E-state index contributed by atoms with van der Waals surface area (Å²) in [6.07, 6.45) is 3.99. The van der Waals surface area contributed by atoms with Gasteiger partial charge < -0.3 is 19.7 Å². The number of benzene rings is 1. The Balaban J connectivity index is 1.41. The molecule has 1 atom stereocenters. The highest BCUT2D eigenvalue weighted by atomic mass is 32.2. The zero-order valence-electron chi connectivity index (χ0n) is 14.6. The van der Waals surface area contributed by atoms with Gasteiger partial charge in [-0.1, -0.05) is 11.8 Å². The highest BCUT2D eigenvalue weighted by molar-refractivity contribution is 8.00. The molecular formula is C18H21N3O3S2. The normalized spacial score (nSPS) is 19.3. The monoisotopic (exact) mass is 391 g/mol. The predicted molar refractivity (Wildman–Crippen MR) is 104 cm³/mol. The van der Waals surface area contributed by atoms with Crippen molar-refractivity contribution in [3.05, 3.63) is 29.3 Å². The van der Waals surface area contributed by atoms with Gasteiger partial charge in [0, 0.05) is 36.3 Å². The highest BCUT2D eigenvalue weighted by Gasteiger charge is 2.26. The van der Waals surface area contributed by atoms with E-state index in [2.05, 4.69) is 10.3 Å². The first-order valence-electron chi connectivity index (χ1n) is 8.68. The Morgan fingerprint density at radius 1 is 1.35 bits per heavy atom. The van der Waals surface area contributed by atoms with E-state index in [-0.39, 0.29) is 11.9 Å². The van der Waals surface area contributed by atoms with Crippen LogP contribution in [0.2, 0.25) is 0 Å². The molecule has 1 saturated heterocycles. The first-order chi connectivity index (χ1) is 12.7. The minimum atomic E-state index is 0.0234. The lowest BCUT2D eigenvalue weighted by Gasteiger charge is -2.33. The molecule has 2 aromatic rings. The van der Waals surface area contributed by atoms with Crippen LogP contribution >= 0.6 is 23.1 Å². The van der Waals surface area contributed by atoms with Crippen molar-refractivity contribution in [2.75, 3.05) is 37.9 Å². The molecule has 6 nitrogen and oxygen atoms in total. The molecule has 0 saturated carbocycles. The maximum Gasteiger partial charge on any atom is 0.273 e. The summed E-state index contributed by atoms with van der Waals surface area (Å²) < 4.78 is 12.1. The molecule has 1 N–H and O–H groups in total. The molecule has 1 amide bonds. The van der Waals surface area contributed by atoms with Gasteiger partial charge >= 0.3 is 0 Å². The zero-order valence-corrected chi connectivity index (χ0v) is 16.2. The molecule has 3 heterocycles. The second kappa shape index (κ2) is 7.75. The van der Waals surface area contributed by atoms with Gasteiger partial charge in [0.15, 0.2) is 11.5 Å². The molecule has 0 radical (unpaired) electrons. The summed E-state index contributed by atoms with van der Waals surface area (Å²) in [5.74, 6) is 1.59. The van der Waals surface area contributed by atoms with Crippen LogP contribution in [0.25, 0.3) is 0 Å². The van der Waals surface area contributed by atoms with Crippen LogP contribution in [0.5, 0.6) is 11.5 Å². The van der Waals surface area contributed by atoms with Gasteiger partial charge in [-0.15, -0.1) is 11.3 Å². The summed E-state index contributed by atoms with van der Waals surface area (Å²) in [5, 5.41) is 5.39. The fourth-order valence-electron chi connectivity index (χ4n) is 3.26. The Labute approximate surface area is 160 Å². The number of carbonyl (C=O) groups excluding carboxylic acids is 1. The number of hydrogen-bond acceptors (Lipinski definition) is 7. The number of fused-ring (bicyclic) bond motifs is 1. The van der Waals surface area contributed by atoms with Crippen LogP contribution in [0.4, 0.5) is 5.69 Å². The summed E-state index contributed by atoms with van der Waals surface area (Å²) in [4.78, 5) is 19.0. The summed E-state index contributed by atoms with van der Waals surface area (Å²) in [6, 6.07) is 6.12. The molecule has 1 aromatic heterocycles. The number of anilines is 1. The van der Waals surface area contributed by atoms with Gasteiger partial charge in [0.2, 0.25) is 0 Å². The molecular weight excluding hydrogens is 370 g/mol. The summed E-state index contributed by atoms with van der Waals surface area (Å²) in [6.45, 7) is 2.63. The molecule has 26 heavy (non-hydrogen) atoms. The van der Waals surface area contributed by atoms with Crippen molar-refractivity contribution < 1.29 is 14.3 Å². The molecule has 0 spiro atoms. The van der Waals surface area contributed by atoms with Gasteiger partial charge in [0.1, 0.15) is 23.2 Å². The number of thioether (sulfide) groups is 1. The van der Waals surface area contributed by atoms with Crippen LogP contribution in [0.1, 0.15) is 23.3 Å². The predicted octanol–water partition coefficient (Wildman–Crippen LogP) is 3.35. The Hall–Kier alpha value is -1.93. The van der Waals surface area contributed by atoms with Crippen LogP contribution in [0, 0.1) is 0 Å². The average molecular weight is 392 g/mol. The van der Waals surface area contributed by atoms with Gasteiger partial charge in [-0.05, 0) is 31.2 Å². The first kappa shape index (κ1) is 17.5. The fourth-order valence-corrected chi connectivity index (χ4v) is 4.50. The smallest absolute Gasteiger partial charge is 0.273 e. The second-order valence-electron chi connectivity index (χ2n) is 6.30. The van der Waals surface area contributed by atoms with E-state index in [0.29, 0.717) is 25.5 Å². The molecule has 0 bridgehead atoms. The molecule has 8 heteroatoms. The van der Waals surface area contributed by atoms with Crippen molar-refractivity contribution in [2.24, 2.45) is 0 Å².